The Morgan fingerprint density at radius 3 is 2.44 bits per heavy atom. The third kappa shape index (κ3) is 4.30. The fraction of sp³-hybridized carbons (Fsp3) is 0.286. The first-order valence-electron chi connectivity index (χ1n) is 9.88. The fourth-order valence-corrected chi connectivity index (χ4v) is 4.14. The number of hydrogen-bond acceptors (Lipinski definition) is 6. The van der Waals surface area contributed by atoms with Gasteiger partial charge in [0.2, 0.25) is 10.0 Å². The van der Waals surface area contributed by atoms with Crippen LogP contribution in [0.5, 0.6) is 0 Å². The Balaban J connectivity index is 1.72. The summed E-state index contributed by atoms with van der Waals surface area (Å²) in [6.45, 7) is 0.0675. The van der Waals surface area contributed by atoms with E-state index in [4.69, 9.17) is 0 Å². The number of nitrogens with one attached hydrogen (secondary N) is 2. The number of sulfonamides is 1. The van der Waals surface area contributed by atoms with Gasteiger partial charge in [-0.05, 0) is 29.8 Å². The van der Waals surface area contributed by atoms with Gasteiger partial charge in [-0.15, -0.1) is 0 Å². The molecule has 0 atom stereocenters. The fourth-order valence-electron chi connectivity index (χ4n) is 3.72. The number of anilines is 2. The Labute approximate surface area is 185 Å². The average molecular weight is 456 g/mol. The zero-order chi connectivity index (χ0) is 23.2. The van der Waals surface area contributed by atoms with Crippen LogP contribution in [0.25, 0.3) is 21.8 Å². The van der Waals surface area contributed by atoms with E-state index in [9.17, 15) is 13.2 Å². The van der Waals surface area contributed by atoms with Gasteiger partial charge in [-0.2, -0.15) is 10.2 Å². The van der Waals surface area contributed by atoms with Crippen LogP contribution >= 0.6 is 0 Å². The maximum absolute atomic E-state index is 13.2. The second kappa shape index (κ2) is 7.92. The highest BCUT2D eigenvalue weighted by atomic mass is 32.2. The Hall–Kier alpha value is -3.44. The molecule has 0 aliphatic carbocycles. The van der Waals surface area contributed by atoms with E-state index in [1.165, 1.54) is 0 Å². The van der Waals surface area contributed by atoms with Crippen molar-refractivity contribution in [2.24, 2.45) is 14.1 Å². The molecule has 0 fully saturated rings. The molecule has 0 saturated heterocycles. The van der Waals surface area contributed by atoms with Crippen LogP contribution in [-0.2, 0) is 30.7 Å². The summed E-state index contributed by atoms with van der Waals surface area (Å²) in [6.07, 6.45) is 4.81. The molecule has 0 saturated carbocycles. The van der Waals surface area contributed by atoms with E-state index in [0.717, 1.165) is 22.7 Å². The van der Waals surface area contributed by atoms with Gasteiger partial charge < -0.3 is 10.2 Å². The monoisotopic (exact) mass is 455 g/mol. The lowest BCUT2D eigenvalue weighted by atomic mass is 10.1. The molecule has 32 heavy (non-hydrogen) atoms. The molecule has 1 amide bonds. The Kier molecular flexibility index (Phi) is 5.39. The van der Waals surface area contributed by atoms with E-state index < -0.39 is 10.0 Å². The third-order valence-electron chi connectivity index (χ3n) is 5.08. The van der Waals surface area contributed by atoms with Crippen molar-refractivity contribution in [1.29, 1.82) is 0 Å². The minimum absolute atomic E-state index is 0.0675. The number of hydrogen-bond donors (Lipinski definition) is 2. The maximum Gasteiger partial charge on any atom is 0.257 e. The normalized spacial score (nSPS) is 11.9. The van der Waals surface area contributed by atoms with Gasteiger partial charge >= 0.3 is 0 Å². The van der Waals surface area contributed by atoms with Crippen LogP contribution in [0, 0.1) is 0 Å². The summed E-state index contributed by atoms with van der Waals surface area (Å²) in [7, 11) is 4.11. The first kappa shape index (κ1) is 21.8. The van der Waals surface area contributed by atoms with Gasteiger partial charge in [-0.3, -0.25) is 14.2 Å². The van der Waals surface area contributed by atoms with Crippen LogP contribution in [-0.4, -0.2) is 54.2 Å². The van der Waals surface area contributed by atoms with E-state index in [0.29, 0.717) is 27.8 Å². The molecule has 168 valence electrons. The maximum atomic E-state index is 13.2. The van der Waals surface area contributed by atoms with Crippen molar-refractivity contribution in [2.45, 2.75) is 6.54 Å². The van der Waals surface area contributed by atoms with Crippen molar-refractivity contribution in [1.82, 2.24) is 24.3 Å². The predicted molar refractivity (Wildman–Crippen MR) is 125 cm³/mol. The quantitative estimate of drug-likeness (QED) is 0.459. The topological polar surface area (TPSA) is 114 Å². The molecule has 0 spiro atoms. The number of benzene rings is 2. The van der Waals surface area contributed by atoms with Gasteiger partial charge in [0, 0.05) is 69.3 Å². The summed E-state index contributed by atoms with van der Waals surface area (Å²) >= 11 is 0. The SMILES string of the molecule is CN(C)c1ccc(C(=O)Nc2cc(CNS(C)(=O)=O)c3nn(C)cc3c2)c2nn(C)cc12. The lowest BCUT2D eigenvalue weighted by Gasteiger charge is -2.15. The largest absolute Gasteiger partial charge is 0.377 e. The molecule has 4 rings (SSSR count). The van der Waals surface area contributed by atoms with Gasteiger partial charge in [0.15, 0.2) is 0 Å². The first-order chi connectivity index (χ1) is 15.0. The van der Waals surface area contributed by atoms with Crippen LogP contribution < -0.4 is 14.9 Å². The molecule has 0 bridgehead atoms. The smallest absolute Gasteiger partial charge is 0.257 e. The van der Waals surface area contributed by atoms with Crippen LogP contribution in [0.2, 0.25) is 0 Å². The number of rotatable bonds is 6. The van der Waals surface area contributed by atoms with Crippen LogP contribution in [0.1, 0.15) is 15.9 Å². The third-order valence-corrected chi connectivity index (χ3v) is 5.75. The highest BCUT2D eigenvalue weighted by molar-refractivity contribution is 7.88. The molecule has 2 N–H and O–H groups in total. The lowest BCUT2D eigenvalue weighted by molar-refractivity contribution is 0.102. The Bertz CT molecular complexity index is 1450. The second-order valence-electron chi connectivity index (χ2n) is 8.02. The van der Waals surface area contributed by atoms with Crippen molar-refractivity contribution in [2.75, 3.05) is 30.6 Å². The molecule has 0 aliphatic heterocycles. The lowest BCUT2D eigenvalue weighted by Crippen LogP contribution is -2.21. The molecule has 11 heteroatoms. The standard InChI is InChI=1S/C21H25N7O3S/c1-26(2)18-7-6-16(20-17(18)12-28(4)25-20)21(29)23-15-8-13(10-22-32(5,30)31)19-14(9-15)11-27(3)24-19/h6-9,11-12,22H,10H2,1-5H3,(H,23,29). The summed E-state index contributed by atoms with van der Waals surface area (Å²) in [4.78, 5) is 15.2. The summed E-state index contributed by atoms with van der Waals surface area (Å²) in [5, 5.41) is 13.5. The summed E-state index contributed by atoms with van der Waals surface area (Å²) < 4.78 is 29.0. The minimum atomic E-state index is -3.38. The Morgan fingerprint density at radius 1 is 1.06 bits per heavy atom. The number of fused-ring (bicyclic) bond motifs is 2. The average Bonchev–Trinajstić information content (AvgIpc) is 3.25. The van der Waals surface area contributed by atoms with Crippen molar-refractivity contribution < 1.29 is 13.2 Å². The minimum Gasteiger partial charge on any atom is -0.377 e. The van der Waals surface area contributed by atoms with E-state index in [-0.39, 0.29) is 12.5 Å². The number of carbonyl (C=O) groups excluding carboxylic acids is 1. The van der Waals surface area contributed by atoms with Crippen molar-refractivity contribution in [3.8, 4) is 0 Å². The molecular weight excluding hydrogens is 430 g/mol. The molecule has 0 unspecified atom stereocenters. The van der Waals surface area contributed by atoms with Gasteiger partial charge in [0.1, 0.15) is 5.52 Å². The van der Waals surface area contributed by atoms with E-state index in [2.05, 4.69) is 20.2 Å². The first-order valence-corrected chi connectivity index (χ1v) is 11.8. The van der Waals surface area contributed by atoms with E-state index >= 15 is 0 Å². The van der Waals surface area contributed by atoms with Crippen molar-refractivity contribution >= 4 is 49.1 Å². The van der Waals surface area contributed by atoms with Crippen LogP contribution in [0.15, 0.2) is 36.7 Å². The molecule has 10 nitrogen and oxygen atoms in total. The summed E-state index contributed by atoms with van der Waals surface area (Å²) in [5.41, 5.74) is 3.90. The molecule has 2 aromatic heterocycles. The number of amides is 1. The number of aryl methyl sites for hydroxylation is 2. The van der Waals surface area contributed by atoms with Gasteiger partial charge in [-0.1, -0.05) is 0 Å². The molecular formula is C21H25N7O3S. The molecule has 2 aromatic carbocycles. The van der Waals surface area contributed by atoms with Crippen molar-refractivity contribution in [3.05, 3.63) is 47.8 Å². The van der Waals surface area contributed by atoms with E-state index in [1.54, 1.807) is 28.5 Å². The molecule has 0 radical (unpaired) electrons. The molecule has 0 aliphatic rings. The van der Waals surface area contributed by atoms with Crippen molar-refractivity contribution in [3.63, 3.8) is 0 Å². The Morgan fingerprint density at radius 2 is 1.75 bits per heavy atom. The zero-order valence-corrected chi connectivity index (χ0v) is 19.4. The van der Waals surface area contributed by atoms with Gasteiger partial charge in [-0.25, -0.2) is 13.1 Å². The number of nitrogens with zero attached hydrogens (tertiary/aromatic N) is 5. The highest BCUT2D eigenvalue weighted by Crippen LogP contribution is 2.29. The van der Waals surface area contributed by atoms with Gasteiger partial charge in [0.25, 0.3) is 5.91 Å². The number of carbonyl (C=O) groups is 1. The van der Waals surface area contributed by atoms with E-state index in [1.807, 2.05) is 50.6 Å². The highest BCUT2D eigenvalue weighted by Gasteiger charge is 2.18. The summed E-state index contributed by atoms with van der Waals surface area (Å²) in [5.74, 6) is -0.302. The zero-order valence-electron chi connectivity index (χ0n) is 18.5. The molecule has 4 aromatic rings. The second-order valence-corrected chi connectivity index (χ2v) is 9.85. The summed E-state index contributed by atoms with van der Waals surface area (Å²) in [6, 6.07) is 7.20. The molecule has 2 heterocycles. The van der Waals surface area contributed by atoms with Crippen LogP contribution in [0.4, 0.5) is 11.4 Å². The predicted octanol–water partition coefficient (Wildman–Crippen LogP) is 1.83. The van der Waals surface area contributed by atoms with Crippen LogP contribution in [0.3, 0.4) is 0 Å². The number of aromatic nitrogens is 4. The van der Waals surface area contributed by atoms with Gasteiger partial charge in [0.05, 0.1) is 17.3 Å².